The Bertz CT molecular complexity index is 882. The van der Waals surface area contributed by atoms with Gasteiger partial charge in [0.2, 0.25) is 5.91 Å². The van der Waals surface area contributed by atoms with E-state index in [1.165, 1.54) is 250 Å². The van der Waals surface area contributed by atoms with E-state index < -0.39 is 12.1 Å². The second kappa shape index (κ2) is 52.5. The van der Waals surface area contributed by atoms with E-state index in [0.29, 0.717) is 25.9 Å². The van der Waals surface area contributed by atoms with Gasteiger partial charge in [-0.25, -0.2) is 0 Å². The Morgan fingerprint density at radius 2 is 0.661 bits per heavy atom. The average Bonchev–Trinajstić information content (AvgIpc) is 3.27. The molecule has 0 saturated carbocycles. The molecule has 0 heterocycles. The van der Waals surface area contributed by atoms with Crippen LogP contribution in [0.4, 0.5) is 0 Å². The lowest BCUT2D eigenvalue weighted by atomic mass is 10.0. The van der Waals surface area contributed by atoms with Crippen molar-refractivity contribution < 1.29 is 24.5 Å². The second-order valence-corrected chi connectivity index (χ2v) is 19.6. The Hall–Kier alpha value is -1.14. The van der Waals surface area contributed by atoms with Crippen LogP contribution in [0, 0.1) is 0 Å². The number of unbranched alkanes of at least 4 members (excludes halogenated alkanes) is 42. The highest BCUT2D eigenvalue weighted by molar-refractivity contribution is 5.76. The summed E-state index contributed by atoms with van der Waals surface area (Å²) in [7, 11) is 0. The normalized spacial score (nSPS) is 12.5. The van der Waals surface area contributed by atoms with Crippen molar-refractivity contribution in [3.8, 4) is 0 Å². The fourth-order valence-corrected chi connectivity index (χ4v) is 9.05. The summed E-state index contributed by atoms with van der Waals surface area (Å²) in [5.74, 6) is -0.0299. The molecule has 62 heavy (non-hydrogen) atoms. The number of hydrogen-bond donors (Lipinski definition) is 3. The highest BCUT2D eigenvalue weighted by Gasteiger charge is 2.20. The molecule has 0 aliphatic rings. The van der Waals surface area contributed by atoms with E-state index in [4.69, 9.17) is 4.74 Å². The van der Waals surface area contributed by atoms with E-state index in [0.717, 1.165) is 38.5 Å². The molecule has 6 nitrogen and oxygen atoms in total. The number of amides is 1. The molecular weight excluding hydrogens is 767 g/mol. The minimum absolute atomic E-state index is 0.00774. The third-order valence-corrected chi connectivity index (χ3v) is 13.4. The predicted octanol–water partition coefficient (Wildman–Crippen LogP) is 17.1. The molecule has 0 rings (SSSR count). The van der Waals surface area contributed by atoms with Gasteiger partial charge in [0.05, 0.1) is 25.4 Å². The SMILES string of the molecule is CCCCCCCCCCCCCCCCCC(O)C(CO)NC(=O)CCCCCCCCCCCCCCCCCCCOC(=O)CCCCCCCCCCCCCCC. The van der Waals surface area contributed by atoms with Crippen LogP contribution in [-0.2, 0) is 14.3 Å². The number of rotatable bonds is 53. The lowest BCUT2D eigenvalue weighted by molar-refractivity contribution is -0.143. The molecule has 1 amide bonds. The summed E-state index contributed by atoms with van der Waals surface area (Å²) < 4.78 is 5.47. The Labute approximate surface area is 387 Å². The summed E-state index contributed by atoms with van der Waals surface area (Å²) in [6.45, 7) is 4.96. The van der Waals surface area contributed by atoms with Crippen molar-refractivity contribution in [2.45, 2.75) is 334 Å². The molecule has 0 aromatic rings. The molecule has 0 fully saturated rings. The first-order chi connectivity index (χ1) is 30.5. The van der Waals surface area contributed by atoms with Crippen molar-refractivity contribution in [1.29, 1.82) is 0 Å². The molecule has 370 valence electrons. The van der Waals surface area contributed by atoms with Crippen molar-refractivity contribution in [2.24, 2.45) is 0 Å². The van der Waals surface area contributed by atoms with Gasteiger partial charge in [-0.2, -0.15) is 0 Å². The predicted molar refractivity (Wildman–Crippen MR) is 269 cm³/mol. The molecule has 0 aromatic carbocycles. The van der Waals surface area contributed by atoms with Crippen molar-refractivity contribution in [1.82, 2.24) is 5.32 Å². The maximum atomic E-state index is 12.5. The first-order valence-corrected chi connectivity index (χ1v) is 28.3. The molecule has 0 saturated heterocycles. The third kappa shape index (κ3) is 48.3. The van der Waals surface area contributed by atoms with Gasteiger partial charge < -0.3 is 20.3 Å². The summed E-state index contributed by atoms with van der Waals surface area (Å²) in [5, 5.41) is 23.3. The molecular formula is C56H111NO5. The Balaban J connectivity index is 3.40. The lowest BCUT2D eigenvalue weighted by Gasteiger charge is -2.22. The number of esters is 1. The second-order valence-electron chi connectivity index (χ2n) is 19.6. The van der Waals surface area contributed by atoms with Crippen molar-refractivity contribution in [2.75, 3.05) is 13.2 Å². The van der Waals surface area contributed by atoms with Gasteiger partial charge in [-0.05, 0) is 25.7 Å². The van der Waals surface area contributed by atoms with Gasteiger partial charge in [0, 0.05) is 12.8 Å². The van der Waals surface area contributed by atoms with Crippen molar-refractivity contribution >= 4 is 11.9 Å². The van der Waals surface area contributed by atoms with Crippen LogP contribution < -0.4 is 5.32 Å². The number of carbonyl (C=O) groups excluding carboxylic acids is 2. The van der Waals surface area contributed by atoms with E-state index >= 15 is 0 Å². The zero-order chi connectivity index (χ0) is 45.1. The third-order valence-electron chi connectivity index (χ3n) is 13.4. The minimum atomic E-state index is -0.666. The van der Waals surface area contributed by atoms with Crippen LogP contribution >= 0.6 is 0 Å². The summed E-state index contributed by atoms with van der Waals surface area (Å²) in [6, 6.07) is -0.543. The Kier molecular flexibility index (Phi) is 51.5. The molecule has 2 atom stereocenters. The van der Waals surface area contributed by atoms with Gasteiger partial charge >= 0.3 is 5.97 Å². The van der Waals surface area contributed by atoms with E-state index in [2.05, 4.69) is 19.2 Å². The Morgan fingerprint density at radius 1 is 0.387 bits per heavy atom. The Morgan fingerprint density at radius 3 is 0.984 bits per heavy atom. The maximum Gasteiger partial charge on any atom is 0.305 e. The standard InChI is InChI=1S/C56H111NO5/c1-3-5-7-9-11-13-15-17-21-25-28-32-36-40-44-48-54(59)53(52-58)57-55(60)49-45-41-37-33-29-26-22-19-18-20-23-27-31-35-39-43-47-51-62-56(61)50-46-42-38-34-30-24-16-14-12-10-8-6-4-2/h53-54,58-59H,3-52H2,1-2H3,(H,57,60). The van der Waals surface area contributed by atoms with Gasteiger partial charge in [-0.3, -0.25) is 9.59 Å². The molecule has 2 unspecified atom stereocenters. The van der Waals surface area contributed by atoms with Gasteiger partial charge in [0.25, 0.3) is 0 Å². The van der Waals surface area contributed by atoms with Crippen molar-refractivity contribution in [3.05, 3.63) is 0 Å². The maximum absolute atomic E-state index is 12.5. The van der Waals surface area contributed by atoms with E-state index in [9.17, 15) is 19.8 Å². The average molecular weight is 879 g/mol. The molecule has 6 heteroatoms. The summed E-state index contributed by atoms with van der Waals surface area (Å²) in [6.07, 6.45) is 59.4. The fraction of sp³-hybridized carbons (Fsp3) is 0.964. The van der Waals surface area contributed by atoms with Crippen LogP contribution in [0.2, 0.25) is 0 Å². The van der Waals surface area contributed by atoms with Crippen LogP contribution in [-0.4, -0.2) is 47.4 Å². The van der Waals surface area contributed by atoms with Crippen LogP contribution in [0.1, 0.15) is 322 Å². The smallest absolute Gasteiger partial charge is 0.305 e. The highest BCUT2D eigenvalue weighted by atomic mass is 16.5. The molecule has 0 aliphatic heterocycles. The molecule has 0 aliphatic carbocycles. The number of carbonyl (C=O) groups is 2. The van der Waals surface area contributed by atoms with E-state index in [-0.39, 0.29) is 18.5 Å². The van der Waals surface area contributed by atoms with Crippen LogP contribution in [0.25, 0.3) is 0 Å². The summed E-state index contributed by atoms with van der Waals surface area (Å²) in [4.78, 5) is 24.5. The van der Waals surface area contributed by atoms with Gasteiger partial charge in [0.1, 0.15) is 0 Å². The van der Waals surface area contributed by atoms with E-state index in [1.807, 2.05) is 0 Å². The van der Waals surface area contributed by atoms with Gasteiger partial charge in [0.15, 0.2) is 0 Å². The first-order valence-electron chi connectivity index (χ1n) is 28.3. The van der Waals surface area contributed by atoms with Gasteiger partial charge in [-0.15, -0.1) is 0 Å². The van der Waals surface area contributed by atoms with Gasteiger partial charge in [-0.1, -0.05) is 284 Å². The first kappa shape index (κ1) is 60.9. The summed E-state index contributed by atoms with van der Waals surface area (Å²) >= 11 is 0. The minimum Gasteiger partial charge on any atom is -0.466 e. The molecule has 0 spiro atoms. The topological polar surface area (TPSA) is 95.9 Å². The largest absolute Gasteiger partial charge is 0.466 e. The highest BCUT2D eigenvalue weighted by Crippen LogP contribution is 2.18. The number of aliphatic hydroxyl groups is 2. The number of aliphatic hydroxyl groups excluding tert-OH is 2. The monoisotopic (exact) mass is 878 g/mol. The van der Waals surface area contributed by atoms with Crippen LogP contribution in [0.15, 0.2) is 0 Å². The van der Waals surface area contributed by atoms with Crippen LogP contribution in [0.5, 0.6) is 0 Å². The zero-order valence-corrected chi connectivity index (χ0v) is 42.1. The molecule has 3 N–H and O–H groups in total. The number of hydrogen-bond acceptors (Lipinski definition) is 5. The lowest BCUT2D eigenvalue weighted by Crippen LogP contribution is -2.45. The number of nitrogens with one attached hydrogen (secondary N) is 1. The molecule has 0 radical (unpaired) electrons. The molecule has 0 bridgehead atoms. The van der Waals surface area contributed by atoms with E-state index in [1.54, 1.807) is 0 Å². The zero-order valence-electron chi connectivity index (χ0n) is 42.1. The molecule has 0 aromatic heterocycles. The van der Waals surface area contributed by atoms with Crippen LogP contribution in [0.3, 0.4) is 0 Å². The quantitative estimate of drug-likeness (QED) is 0.0418. The van der Waals surface area contributed by atoms with Crippen molar-refractivity contribution in [3.63, 3.8) is 0 Å². The summed E-state index contributed by atoms with van der Waals surface area (Å²) in [5.41, 5.74) is 0. The fourth-order valence-electron chi connectivity index (χ4n) is 9.05. The number of ether oxygens (including phenoxy) is 1.